The van der Waals surface area contributed by atoms with Crippen LogP contribution in [-0.2, 0) is 0 Å². The average molecular weight is 658 g/mol. The molecule has 0 amide bonds. The maximum absolute atomic E-state index is 11.1. The number of hydrogen-bond donors (Lipinski definition) is 0. The number of allylic oxidation sites excluding steroid dienone is 6. The maximum atomic E-state index is 11.1. The first kappa shape index (κ1) is 46.9. The monoisotopic (exact) mass is 657 g/mol. The fraction of sp³-hybridized carbons (Fsp3) is 0.818. The van der Waals surface area contributed by atoms with E-state index in [2.05, 4.69) is 39.3 Å². The molecule has 4 nitrogen and oxygen atoms in total. The quantitative estimate of drug-likeness (QED) is 0.224. The third kappa shape index (κ3) is 26.5. The van der Waals surface area contributed by atoms with Crippen LogP contribution in [0, 0.1) is 17.8 Å². The van der Waals surface area contributed by atoms with Gasteiger partial charge in [0.25, 0.3) is 0 Å². The normalized spacial score (nSPS) is 20.0. The Kier molecular flexibility index (Phi) is 30.6. The SMILES string of the molecule is C/C=C(/[O-])C1CCCCC1.C/C=C(/[O-])C1CCCCC1.C/C=C(/[O-])C1CCCCC1.C[Si](C)(C)[N-][Si](C)(C)C.[Ca+2].[Ca+2]. The fourth-order valence-electron chi connectivity index (χ4n) is 5.87. The second-order valence-corrected chi connectivity index (χ2v) is 23.1. The maximum Gasteiger partial charge on any atom is 2.00 e. The fourth-order valence-corrected chi connectivity index (χ4v) is 13.9. The first-order chi connectivity index (χ1) is 18.2. The third-order valence-electron chi connectivity index (χ3n) is 7.55. The Morgan fingerprint density at radius 2 is 0.659 bits per heavy atom. The van der Waals surface area contributed by atoms with Crippen LogP contribution in [0.1, 0.15) is 117 Å². The molecule has 0 heterocycles. The van der Waals surface area contributed by atoms with Gasteiger partial charge in [0.1, 0.15) is 0 Å². The Balaban J connectivity index is -0.000000463. The molecule has 3 fully saturated rings. The Bertz CT molecular complexity index is 625. The summed E-state index contributed by atoms with van der Waals surface area (Å²) in [6.45, 7) is 19.3. The van der Waals surface area contributed by atoms with Gasteiger partial charge in [-0.25, -0.2) is 0 Å². The Morgan fingerprint density at radius 1 is 0.463 bits per heavy atom. The molecule has 41 heavy (non-hydrogen) atoms. The van der Waals surface area contributed by atoms with Crippen molar-refractivity contribution in [2.75, 3.05) is 0 Å². The smallest absolute Gasteiger partial charge is 0.875 e. The summed E-state index contributed by atoms with van der Waals surface area (Å²) in [7, 11) is -2.21. The van der Waals surface area contributed by atoms with Crippen molar-refractivity contribution in [2.45, 2.75) is 156 Å². The minimum atomic E-state index is -1.11. The summed E-state index contributed by atoms with van der Waals surface area (Å²) < 4.78 is 4.82. The van der Waals surface area contributed by atoms with Crippen LogP contribution in [0.15, 0.2) is 35.5 Å². The van der Waals surface area contributed by atoms with Gasteiger partial charge in [-0.2, -0.15) is 0 Å². The first-order valence-electron chi connectivity index (χ1n) is 16.0. The van der Waals surface area contributed by atoms with E-state index >= 15 is 0 Å². The summed E-state index contributed by atoms with van der Waals surface area (Å²) in [5.41, 5.74) is 0. The van der Waals surface area contributed by atoms with Gasteiger partial charge in [-0.05, 0) is 77.0 Å². The van der Waals surface area contributed by atoms with Gasteiger partial charge in [0.05, 0.1) is 0 Å². The molecule has 0 N–H and O–H groups in total. The number of rotatable bonds is 5. The van der Waals surface area contributed by atoms with Crippen LogP contribution in [-0.4, -0.2) is 91.9 Å². The molecule has 0 aromatic carbocycles. The van der Waals surface area contributed by atoms with Crippen molar-refractivity contribution < 1.29 is 15.3 Å². The summed E-state index contributed by atoms with van der Waals surface area (Å²) in [4.78, 5) is 0. The Morgan fingerprint density at radius 3 is 0.780 bits per heavy atom. The zero-order valence-electron chi connectivity index (χ0n) is 28.7. The molecule has 8 heteroatoms. The van der Waals surface area contributed by atoms with E-state index in [1.54, 1.807) is 18.2 Å². The van der Waals surface area contributed by atoms with Crippen molar-refractivity contribution in [3.8, 4) is 0 Å². The van der Waals surface area contributed by atoms with E-state index in [0.717, 1.165) is 38.5 Å². The van der Waals surface area contributed by atoms with E-state index in [-0.39, 0.29) is 75.5 Å². The molecular weight excluding hydrogens is 595 g/mol. The Labute approximate surface area is 317 Å². The summed E-state index contributed by atoms with van der Waals surface area (Å²) in [5.74, 6) is 2.20. The van der Waals surface area contributed by atoms with Crippen molar-refractivity contribution in [2.24, 2.45) is 17.8 Å². The zero-order valence-corrected chi connectivity index (χ0v) is 35.1. The van der Waals surface area contributed by atoms with Gasteiger partial charge in [0, 0.05) is 0 Å². The minimum Gasteiger partial charge on any atom is -0.875 e. The molecule has 0 spiro atoms. The summed E-state index contributed by atoms with van der Waals surface area (Å²) >= 11 is 0. The van der Waals surface area contributed by atoms with Crippen LogP contribution < -0.4 is 15.3 Å². The first-order valence-corrected chi connectivity index (χ1v) is 22.9. The average Bonchev–Trinajstić information content (AvgIpc) is 2.92. The molecule has 0 bridgehead atoms. The molecule has 0 saturated heterocycles. The van der Waals surface area contributed by atoms with Gasteiger partial charge in [-0.3, -0.25) is 0 Å². The van der Waals surface area contributed by atoms with Crippen LogP contribution in [0.5, 0.6) is 0 Å². The number of nitrogens with zero attached hydrogens (tertiary/aromatic N) is 1. The van der Waals surface area contributed by atoms with Gasteiger partial charge < -0.3 is 20.0 Å². The van der Waals surface area contributed by atoms with E-state index in [1.807, 2.05) is 20.8 Å². The van der Waals surface area contributed by atoms with Crippen molar-refractivity contribution in [1.82, 2.24) is 0 Å². The van der Waals surface area contributed by atoms with Crippen LogP contribution in [0.25, 0.3) is 4.65 Å². The second-order valence-electron chi connectivity index (χ2n) is 13.5. The molecule has 3 aliphatic carbocycles. The van der Waals surface area contributed by atoms with E-state index < -0.39 is 16.5 Å². The van der Waals surface area contributed by atoms with Crippen LogP contribution in [0.4, 0.5) is 0 Å². The molecule has 0 unspecified atom stereocenters. The third-order valence-corrected chi connectivity index (χ3v) is 12.9. The predicted molar refractivity (Wildman–Crippen MR) is 183 cm³/mol. The summed E-state index contributed by atoms with van der Waals surface area (Å²) in [5, 5.41) is 33.3. The standard InChI is InChI=1S/3C9H16O.C6H18NSi2.2Ca/c3*1-2-9(10)8-6-4-3-5-7-8;1-8(2,3)7-9(4,5)6;;/h3*2,8,10H,3-7H2,1H3;1-6H3;;/q;;;-1;2*+2/p-3/b3*9-2+;;;. The molecule has 0 aromatic heterocycles. The minimum absolute atomic E-state index is 0. The van der Waals surface area contributed by atoms with Gasteiger partial charge in [-0.15, -0.1) is 17.3 Å². The molecule has 0 aromatic rings. The molecule has 230 valence electrons. The predicted octanol–water partition coefficient (Wildman–Crippen LogP) is 7.76. The van der Waals surface area contributed by atoms with Gasteiger partial charge in [0.15, 0.2) is 0 Å². The topological polar surface area (TPSA) is 83.3 Å². The molecule has 0 aliphatic heterocycles. The Hall–Kier alpha value is 1.53. The van der Waals surface area contributed by atoms with E-state index in [0.29, 0.717) is 35.0 Å². The summed E-state index contributed by atoms with van der Waals surface area (Å²) in [6.07, 6.45) is 23.4. The van der Waals surface area contributed by atoms with Crippen LogP contribution in [0.3, 0.4) is 0 Å². The van der Waals surface area contributed by atoms with Gasteiger partial charge in [0.2, 0.25) is 0 Å². The molecular formula is C33H63Ca2NO3Si2. The van der Waals surface area contributed by atoms with Crippen molar-refractivity contribution in [3.63, 3.8) is 0 Å². The van der Waals surface area contributed by atoms with E-state index in [1.165, 1.54) is 57.8 Å². The summed E-state index contributed by atoms with van der Waals surface area (Å²) in [6, 6.07) is 0. The van der Waals surface area contributed by atoms with Crippen molar-refractivity contribution in [3.05, 3.63) is 40.2 Å². The molecule has 3 rings (SSSR count). The van der Waals surface area contributed by atoms with E-state index in [9.17, 15) is 15.3 Å². The molecule has 0 radical (unpaired) electrons. The van der Waals surface area contributed by atoms with Crippen LogP contribution >= 0.6 is 0 Å². The molecule has 3 aliphatic rings. The van der Waals surface area contributed by atoms with E-state index in [4.69, 9.17) is 4.65 Å². The largest absolute Gasteiger partial charge is 2.00 e. The molecule has 0 atom stereocenters. The zero-order chi connectivity index (χ0) is 29.9. The second kappa shape index (κ2) is 26.7. The van der Waals surface area contributed by atoms with Gasteiger partial charge in [-0.1, -0.05) is 132 Å². The number of hydrogen-bond acceptors (Lipinski definition) is 3. The van der Waals surface area contributed by atoms with Crippen molar-refractivity contribution in [1.29, 1.82) is 0 Å². The van der Waals surface area contributed by atoms with Crippen LogP contribution in [0.2, 0.25) is 39.3 Å². The van der Waals surface area contributed by atoms with Crippen molar-refractivity contribution >= 4 is 91.9 Å². The molecule has 3 saturated carbocycles. The van der Waals surface area contributed by atoms with Gasteiger partial charge >= 0.3 is 75.5 Å².